The number of pyridine rings is 1. The SMILES string of the molecule is O=C(NC1CCSCC1)c1ccc(-c2ncc(F)c3[nH]ccc23)cc1. The number of amides is 1. The summed E-state index contributed by atoms with van der Waals surface area (Å²) in [6.07, 6.45) is 4.97. The van der Waals surface area contributed by atoms with Crippen molar-refractivity contribution in [1.29, 1.82) is 0 Å². The third-order valence-electron chi connectivity index (χ3n) is 4.52. The third kappa shape index (κ3) is 3.26. The minimum atomic E-state index is -0.370. The van der Waals surface area contributed by atoms with E-state index in [1.807, 2.05) is 30.0 Å². The van der Waals surface area contributed by atoms with Crippen LogP contribution in [0.3, 0.4) is 0 Å². The maximum absolute atomic E-state index is 13.8. The predicted molar refractivity (Wildman–Crippen MR) is 99.3 cm³/mol. The molecule has 0 spiro atoms. The summed E-state index contributed by atoms with van der Waals surface area (Å²) in [5.41, 5.74) is 2.64. The molecule has 1 amide bonds. The van der Waals surface area contributed by atoms with Gasteiger partial charge in [0.25, 0.3) is 5.91 Å². The molecule has 6 heteroatoms. The van der Waals surface area contributed by atoms with E-state index < -0.39 is 0 Å². The number of carbonyl (C=O) groups is 1. The number of nitrogens with zero attached hydrogens (tertiary/aromatic N) is 1. The topological polar surface area (TPSA) is 57.8 Å². The number of fused-ring (bicyclic) bond motifs is 1. The number of hydrogen-bond donors (Lipinski definition) is 2. The number of hydrogen-bond acceptors (Lipinski definition) is 3. The van der Waals surface area contributed by atoms with E-state index in [4.69, 9.17) is 0 Å². The summed E-state index contributed by atoms with van der Waals surface area (Å²) in [6.45, 7) is 0. The van der Waals surface area contributed by atoms with Gasteiger partial charge in [0, 0.05) is 28.8 Å². The van der Waals surface area contributed by atoms with Crippen molar-refractivity contribution in [3.63, 3.8) is 0 Å². The van der Waals surface area contributed by atoms with E-state index in [2.05, 4.69) is 15.3 Å². The van der Waals surface area contributed by atoms with Crippen LogP contribution in [0.4, 0.5) is 4.39 Å². The zero-order chi connectivity index (χ0) is 17.2. The molecule has 0 atom stereocenters. The molecule has 1 aromatic carbocycles. The van der Waals surface area contributed by atoms with Crippen LogP contribution in [-0.2, 0) is 0 Å². The lowest BCUT2D eigenvalue weighted by atomic mass is 10.0. The molecule has 25 heavy (non-hydrogen) atoms. The second-order valence-corrected chi connectivity index (χ2v) is 7.38. The van der Waals surface area contributed by atoms with Crippen molar-refractivity contribution >= 4 is 28.6 Å². The van der Waals surface area contributed by atoms with E-state index in [1.165, 1.54) is 6.20 Å². The van der Waals surface area contributed by atoms with Crippen LogP contribution >= 0.6 is 11.8 Å². The van der Waals surface area contributed by atoms with E-state index in [1.54, 1.807) is 18.3 Å². The number of thioether (sulfide) groups is 1. The lowest BCUT2D eigenvalue weighted by molar-refractivity contribution is 0.0935. The first-order chi connectivity index (χ1) is 12.2. The lowest BCUT2D eigenvalue weighted by Gasteiger charge is -2.22. The van der Waals surface area contributed by atoms with Crippen molar-refractivity contribution in [3.8, 4) is 11.3 Å². The molecule has 3 heterocycles. The molecule has 4 rings (SSSR count). The van der Waals surface area contributed by atoms with Crippen LogP contribution in [0.5, 0.6) is 0 Å². The fourth-order valence-corrected chi connectivity index (χ4v) is 4.25. The molecule has 128 valence electrons. The number of H-pyrrole nitrogens is 1. The van der Waals surface area contributed by atoms with Gasteiger partial charge in [-0.1, -0.05) is 12.1 Å². The van der Waals surface area contributed by atoms with Gasteiger partial charge in [0.05, 0.1) is 17.4 Å². The van der Waals surface area contributed by atoms with Gasteiger partial charge in [0.1, 0.15) is 0 Å². The number of nitrogens with one attached hydrogen (secondary N) is 2. The Kier molecular flexibility index (Phi) is 4.44. The maximum Gasteiger partial charge on any atom is 0.251 e. The predicted octanol–water partition coefficient (Wildman–Crippen LogP) is 3.99. The number of carbonyl (C=O) groups excluding carboxylic acids is 1. The molecule has 2 aromatic heterocycles. The minimum absolute atomic E-state index is 0.0395. The summed E-state index contributed by atoms with van der Waals surface area (Å²) in [7, 11) is 0. The molecule has 1 aliphatic rings. The second-order valence-electron chi connectivity index (χ2n) is 6.16. The van der Waals surface area contributed by atoms with Crippen molar-refractivity contribution in [2.45, 2.75) is 18.9 Å². The number of aromatic nitrogens is 2. The van der Waals surface area contributed by atoms with E-state index in [0.717, 1.165) is 35.3 Å². The fourth-order valence-electron chi connectivity index (χ4n) is 3.14. The van der Waals surface area contributed by atoms with E-state index in [0.29, 0.717) is 16.8 Å². The second kappa shape index (κ2) is 6.88. The number of rotatable bonds is 3. The summed E-state index contributed by atoms with van der Waals surface area (Å²) >= 11 is 1.94. The van der Waals surface area contributed by atoms with Gasteiger partial charge in [-0.15, -0.1) is 0 Å². The van der Waals surface area contributed by atoms with Crippen molar-refractivity contribution in [1.82, 2.24) is 15.3 Å². The Bertz CT molecular complexity index is 901. The Balaban J connectivity index is 1.56. The first-order valence-corrected chi connectivity index (χ1v) is 9.48. The van der Waals surface area contributed by atoms with Crippen molar-refractivity contribution in [3.05, 3.63) is 54.1 Å². The van der Waals surface area contributed by atoms with Crippen molar-refractivity contribution in [2.75, 3.05) is 11.5 Å². The number of aromatic amines is 1. The molecule has 4 nitrogen and oxygen atoms in total. The van der Waals surface area contributed by atoms with Gasteiger partial charge in [-0.25, -0.2) is 4.39 Å². The highest BCUT2D eigenvalue weighted by molar-refractivity contribution is 7.99. The van der Waals surface area contributed by atoms with Crippen LogP contribution < -0.4 is 5.32 Å². The van der Waals surface area contributed by atoms with Crippen LogP contribution in [0.2, 0.25) is 0 Å². The highest BCUT2D eigenvalue weighted by Crippen LogP contribution is 2.27. The van der Waals surface area contributed by atoms with Gasteiger partial charge in [-0.3, -0.25) is 9.78 Å². The Morgan fingerprint density at radius 1 is 1.20 bits per heavy atom. The van der Waals surface area contributed by atoms with Gasteiger partial charge in [0.15, 0.2) is 5.82 Å². The molecule has 1 saturated heterocycles. The molecule has 0 bridgehead atoms. The largest absolute Gasteiger partial charge is 0.359 e. The molecule has 0 aliphatic carbocycles. The van der Waals surface area contributed by atoms with Gasteiger partial charge in [-0.05, 0) is 42.5 Å². The Labute approximate surface area is 149 Å². The molecule has 0 radical (unpaired) electrons. The molecule has 2 N–H and O–H groups in total. The average molecular weight is 355 g/mol. The standard InChI is InChI=1S/C19H18FN3OS/c20-16-11-22-17(15-5-8-21-18(15)16)12-1-3-13(4-2-12)19(24)23-14-6-9-25-10-7-14/h1-5,8,11,14,21H,6-7,9-10H2,(H,23,24). The average Bonchev–Trinajstić information content (AvgIpc) is 3.14. The smallest absolute Gasteiger partial charge is 0.251 e. The van der Waals surface area contributed by atoms with Crippen molar-refractivity contribution < 1.29 is 9.18 Å². The monoisotopic (exact) mass is 355 g/mol. The first kappa shape index (κ1) is 16.1. The summed E-state index contributed by atoms with van der Waals surface area (Å²) in [6, 6.07) is 9.39. The number of halogens is 1. The van der Waals surface area contributed by atoms with Gasteiger partial charge < -0.3 is 10.3 Å². The quantitative estimate of drug-likeness (QED) is 0.747. The molecule has 3 aromatic rings. The van der Waals surface area contributed by atoms with Crippen LogP contribution in [0.1, 0.15) is 23.2 Å². The summed E-state index contributed by atoms with van der Waals surface area (Å²) < 4.78 is 13.8. The van der Waals surface area contributed by atoms with E-state index in [-0.39, 0.29) is 17.8 Å². The molecule has 0 unspecified atom stereocenters. The summed E-state index contributed by atoms with van der Waals surface area (Å²) in [5, 5.41) is 3.84. The maximum atomic E-state index is 13.8. The highest BCUT2D eigenvalue weighted by Gasteiger charge is 2.17. The molecule has 0 saturated carbocycles. The van der Waals surface area contributed by atoms with Crippen LogP contribution in [0.25, 0.3) is 22.2 Å². The van der Waals surface area contributed by atoms with E-state index in [9.17, 15) is 9.18 Å². The number of benzene rings is 1. The van der Waals surface area contributed by atoms with Crippen LogP contribution in [0.15, 0.2) is 42.7 Å². The Morgan fingerprint density at radius 2 is 1.96 bits per heavy atom. The highest BCUT2D eigenvalue weighted by atomic mass is 32.2. The van der Waals surface area contributed by atoms with Gasteiger partial charge in [0.2, 0.25) is 0 Å². The van der Waals surface area contributed by atoms with Crippen LogP contribution in [-0.4, -0.2) is 33.4 Å². The zero-order valence-electron chi connectivity index (χ0n) is 13.6. The van der Waals surface area contributed by atoms with E-state index >= 15 is 0 Å². The van der Waals surface area contributed by atoms with Crippen molar-refractivity contribution in [2.24, 2.45) is 0 Å². The third-order valence-corrected chi connectivity index (χ3v) is 5.57. The minimum Gasteiger partial charge on any atom is -0.359 e. The summed E-state index contributed by atoms with van der Waals surface area (Å²) in [4.78, 5) is 19.5. The molecule has 1 fully saturated rings. The Morgan fingerprint density at radius 3 is 2.72 bits per heavy atom. The summed E-state index contributed by atoms with van der Waals surface area (Å²) in [5.74, 6) is 1.80. The van der Waals surface area contributed by atoms with Gasteiger partial charge >= 0.3 is 0 Å². The molecular weight excluding hydrogens is 337 g/mol. The first-order valence-electron chi connectivity index (χ1n) is 8.33. The molecule has 1 aliphatic heterocycles. The normalized spacial score (nSPS) is 15.4. The zero-order valence-corrected chi connectivity index (χ0v) is 14.4. The fraction of sp³-hybridized carbons (Fsp3) is 0.263. The molecular formula is C19H18FN3OS. The Hall–Kier alpha value is -2.34. The van der Waals surface area contributed by atoms with Gasteiger partial charge in [-0.2, -0.15) is 11.8 Å². The lowest BCUT2D eigenvalue weighted by Crippen LogP contribution is -2.37. The van der Waals surface area contributed by atoms with Crippen LogP contribution in [0, 0.1) is 5.82 Å².